The molecule has 1 fully saturated rings. The quantitative estimate of drug-likeness (QED) is 0.772. The molecule has 1 aromatic carbocycles. The van der Waals surface area contributed by atoms with Crippen LogP contribution in [0.3, 0.4) is 0 Å². The zero-order valence-corrected chi connectivity index (χ0v) is 12.7. The van der Waals surface area contributed by atoms with Crippen molar-refractivity contribution in [3.05, 3.63) is 24.3 Å². The van der Waals surface area contributed by atoms with Crippen molar-refractivity contribution in [3.63, 3.8) is 0 Å². The second-order valence-electron chi connectivity index (χ2n) is 5.68. The first-order chi connectivity index (χ1) is 10.7. The molecule has 6 nitrogen and oxygen atoms in total. The van der Waals surface area contributed by atoms with Crippen LogP contribution in [0.4, 0.5) is 0 Å². The average molecular weight is 308 g/mol. The number of fused-ring (bicyclic) bond motifs is 1. The van der Waals surface area contributed by atoms with E-state index in [4.69, 9.17) is 18.9 Å². The van der Waals surface area contributed by atoms with Gasteiger partial charge in [-0.1, -0.05) is 12.1 Å². The SMILES string of the molecule is C[C@@H](C[NH+]1CCOCC1)OC(=O)[C@H]1COc2ccccc2O1. The van der Waals surface area contributed by atoms with Crippen molar-refractivity contribution in [2.24, 2.45) is 0 Å². The third kappa shape index (κ3) is 3.69. The molecule has 2 aliphatic rings. The molecule has 6 heteroatoms. The normalized spacial score (nSPS) is 22.9. The Morgan fingerprint density at radius 3 is 2.82 bits per heavy atom. The van der Waals surface area contributed by atoms with Crippen molar-refractivity contribution >= 4 is 5.97 Å². The Hall–Kier alpha value is -1.79. The number of carbonyl (C=O) groups is 1. The first-order valence-electron chi connectivity index (χ1n) is 7.72. The van der Waals surface area contributed by atoms with Gasteiger partial charge in [-0.25, -0.2) is 4.79 Å². The maximum atomic E-state index is 12.2. The summed E-state index contributed by atoms with van der Waals surface area (Å²) in [6.07, 6.45) is -0.849. The minimum Gasteiger partial charge on any atom is -0.485 e. The van der Waals surface area contributed by atoms with Crippen LogP contribution < -0.4 is 14.4 Å². The number of quaternary nitrogens is 1. The number of benzene rings is 1. The summed E-state index contributed by atoms with van der Waals surface area (Å²) in [5.74, 6) is 0.883. The van der Waals surface area contributed by atoms with E-state index in [0.717, 1.165) is 32.8 Å². The van der Waals surface area contributed by atoms with E-state index in [1.807, 2.05) is 25.1 Å². The molecule has 0 aliphatic carbocycles. The van der Waals surface area contributed by atoms with Gasteiger partial charge in [0.25, 0.3) is 0 Å². The molecule has 0 bridgehead atoms. The lowest BCUT2D eigenvalue weighted by atomic mass is 10.2. The molecule has 2 atom stereocenters. The van der Waals surface area contributed by atoms with Gasteiger partial charge in [0.2, 0.25) is 6.10 Å². The van der Waals surface area contributed by atoms with Crippen LogP contribution in [-0.4, -0.2) is 57.6 Å². The van der Waals surface area contributed by atoms with Crippen molar-refractivity contribution < 1.29 is 28.6 Å². The second-order valence-corrected chi connectivity index (χ2v) is 5.68. The van der Waals surface area contributed by atoms with Crippen LogP contribution in [0.1, 0.15) is 6.92 Å². The summed E-state index contributed by atoms with van der Waals surface area (Å²) >= 11 is 0. The smallest absolute Gasteiger partial charge is 0.351 e. The van der Waals surface area contributed by atoms with Crippen molar-refractivity contribution in [1.82, 2.24) is 0 Å². The van der Waals surface area contributed by atoms with Crippen LogP contribution in [0.2, 0.25) is 0 Å². The van der Waals surface area contributed by atoms with Crippen LogP contribution in [0.25, 0.3) is 0 Å². The predicted octanol–water partition coefficient (Wildman–Crippen LogP) is -0.327. The Bertz CT molecular complexity index is 515. The summed E-state index contributed by atoms with van der Waals surface area (Å²) < 4.78 is 22.0. The van der Waals surface area contributed by atoms with E-state index in [1.165, 1.54) is 4.90 Å². The fraction of sp³-hybridized carbons (Fsp3) is 0.562. The van der Waals surface area contributed by atoms with Gasteiger partial charge < -0.3 is 23.8 Å². The predicted molar refractivity (Wildman–Crippen MR) is 78.3 cm³/mol. The van der Waals surface area contributed by atoms with Crippen molar-refractivity contribution in [1.29, 1.82) is 0 Å². The van der Waals surface area contributed by atoms with E-state index in [-0.39, 0.29) is 18.7 Å². The van der Waals surface area contributed by atoms with E-state index in [9.17, 15) is 4.79 Å². The third-order valence-electron chi connectivity index (χ3n) is 3.86. The highest BCUT2D eigenvalue weighted by molar-refractivity contribution is 5.76. The summed E-state index contributed by atoms with van der Waals surface area (Å²) in [5.41, 5.74) is 0. The minimum absolute atomic E-state index is 0.152. The van der Waals surface area contributed by atoms with Crippen molar-refractivity contribution in [2.45, 2.75) is 19.1 Å². The molecule has 0 saturated carbocycles. The standard InChI is InChI=1S/C16H21NO5/c1-12(10-17-6-8-19-9-7-17)21-16(18)15-11-20-13-4-2-3-5-14(13)22-15/h2-5,12,15H,6-11H2,1H3/p+1/t12-,15+/m0/s1. The highest BCUT2D eigenvalue weighted by atomic mass is 16.6. The van der Waals surface area contributed by atoms with Crippen LogP contribution in [0.5, 0.6) is 11.5 Å². The maximum Gasteiger partial charge on any atom is 0.351 e. The summed E-state index contributed by atoms with van der Waals surface area (Å²) in [6, 6.07) is 7.33. The molecule has 0 aromatic heterocycles. The number of hydrogen-bond donors (Lipinski definition) is 1. The zero-order chi connectivity index (χ0) is 15.4. The summed E-state index contributed by atoms with van der Waals surface area (Å²) in [5, 5.41) is 0. The Balaban J connectivity index is 1.49. The summed E-state index contributed by atoms with van der Waals surface area (Å²) in [4.78, 5) is 13.6. The van der Waals surface area contributed by atoms with Gasteiger partial charge in [0, 0.05) is 0 Å². The van der Waals surface area contributed by atoms with Crippen LogP contribution >= 0.6 is 0 Å². The molecule has 3 rings (SSSR count). The second kappa shape index (κ2) is 6.98. The van der Waals surface area contributed by atoms with E-state index >= 15 is 0 Å². The lowest BCUT2D eigenvalue weighted by Gasteiger charge is -2.28. The van der Waals surface area contributed by atoms with Crippen LogP contribution in [0.15, 0.2) is 24.3 Å². The van der Waals surface area contributed by atoms with Crippen LogP contribution in [0, 0.1) is 0 Å². The van der Waals surface area contributed by atoms with E-state index in [1.54, 1.807) is 6.07 Å². The topological polar surface area (TPSA) is 58.4 Å². The molecule has 0 unspecified atom stereocenters. The molecule has 0 spiro atoms. The molecule has 0 amide bonds. The average Bonchev–Trinajstić information content (AvgIpc) is 2.55. The number of rotatable bonds is 4. The first kappa shape index (κ1) is 15.1. The van der Waals surface area contributed by atoms with Gasteiger partial charge in [0.15, 0.2) is 11.5 Å². The molecule has 120 valence electrons. The first-order valence-corrected chi connectivity index (χ1v) is 7.72. The molecule has 1 N–H and O–H groups in total. The van der Waals surface area contributed by atoms with Gasteiger partial charge in [-0.05, 0) is 19.1 Å². The number of nitrogens with one attached hydrogen (secondary N) is 1. The number of ether oxygens (including phenoxy) is 4. The highest BCUT2D eigenvalue weighted by Gasteiger charge is 2.30. The van der Waals surface area contributed by atoms with Gasteiger partial charge >= 0.3 is 5.97 Å². The molecule has 22 heavy (non-hydrogen) atoms. The van der Waals surface area contributed by atoms with Gasteiger partial charge in [-0.2, -0.15) is 0 Å². The Morgan fingerprint density at radius 1 is 1.32 bits per heavy atom. The molecule has 1 aromatic rings. The fourth-order valence-corrected chi connectivity index (χ4v) is 2.72. The van der Waals surface area contributed by atoms with Gasteiger partial charge in [-0.3, -0.25) is 0 Å². The maximum absolute atomic E-state index is 12.2. The molecule has 2 heterocycles. The van der Waals surface area contributed by atoms with E-state index in [0.29, 0.717) is 11.5 Å². The van der Waals surface area contributed by atoms with Crippen molar-refractivity contribution in [2.75, 3.05) is 39.5 Å². The molecule has 1 saturated heterocycles. The number of morpholine rings is 1. The molecule has 2 aliphatic heterocycles. The largest absolute Gasteiger partial charge is 0.485 e. The molecule has 0 radical (unpaired) electrons. The summed E-state index contributed by atoms with van der Waals surface area (Å²) in [6.45, 7) is 6.35. The Labute approximate surface area is 129 Å². The van der Waals surface area contributed by atoms with E-state index < -0.39 is 6.10 Å². The highest BCUT2D eigenvalue weighted by Crippen LogP contribution is 2.31. The number of hydrogen-bond acceptors (Lipinski definition) is 5. The van der Waals surface area contributed by atoms with Crippen LogP contribution in [-0.2, 0) is 14.3 Å². The zero-order valence-electron chi connectivity index (χ0n) is 12.7. The van der Waals surface area contributed by atoms with E-state index in [2.05, 4.69) is 0 Å². The Kier molecular flexibility index (Phi) is 4.80. The lowest BCUT2D eigenvalue weighted by Crippen LogP contribution is -3.15. The van der Waals surface area contributed by atoms with Gasteiger partial charge in [0.1, 0.15) is 32.3 Å². The molecular formula is C16H22NO5+. The monoisotopic (exact) mass is 308 g/mol. The molecular weight excluding hydrogens is 286 g/mol. The minimum atomic E-state index is -0.697. The number of esters is 1. The number of para-hydroxylation sites is 2. The van der Waals surface area contributed by atoms with Gasteiger partial charge in [0.05, 0.1) is 13.2 Å². The fourth-order valence-electron chi connectivity index (χ4n) is 2.72. The Morgan fingerprint density at radius 2 is 2.05 bits per heavy atom. The van der Waals surface area contributed by atoms with Gasteiger partial charge in [-0.15, -0.1) is 0 Å². The van der Waals surface area contributed by atoms with Crippen molar-refractivity contribution in [3.8, 4) is 11.5 Å². The lowest BCUT2D eigenvalue weighted by molar-refractivity contribution is -0.910. The third-order valence-corrected chi connectivity index (χ3v) is 3.86. The number of carbonyl (C=O) groups excluding carboxylic acids is 1. The summed E-state index contributed by atoms with van der Waals surface area (Å²) in [7, 11) is 0.